The number of aryl methyl sites for hydroxylation is 1. The molecule has 0 spiro atoms. The molecule has 6 heteroatoms. The van der Waals surface area contributed by atoms with E-state index in [-0.39, 0.29) is 23.7 Å². The van der Waals surface area contributed by atoms with Crippen molar-refractivity contribution in [3.8, 4) is 17.2 Å². The van der Waals surface area contributed by atoms with Crippen LogP contribution in [0.2, 0.25) is 0 Å². The summed E-state index contributed by atoms with van der Waals surface area (Å²) in [7, 11) is 3.46. The molecule has 2 aliphatic carbocycles. The molecule has 3 aromatic rings. The second-order valence-corrected chi connectivity index (χ2v) is 10.1. The predicted molar refractivity (Wildman–Crippen MR) is 135 cm³/mol. The van der Waals surface area contributed by atoms with Crippen molar-refractivity contribution in [2.45, 2.75) is 45.6 Å². The number of fused-ring (bicyclic) bond motifs is 3. The van der Waals surface area contributed by atoms with E-state index >= 15 is 0 Å². The average Bonchev–Trinajstić information content (AvgIpc) is 3.46. The van der Waals surface area contributed by atoms with Gasteiger partial charge < -0.3 is 4.90 Å². The fourth-order valence-electron chi connectivity index (χ4n) is 5.36. The lowest BCUT2D eigenvalue weighted by atomic mass is 9.67. The molecule has 0 atom stereocenters. The molecule has 0 saturated carbocycles. The first-order valence-corrected chi connectivity index (χ1v) is 11.9. The first-order chi connectivity index (χ1) is 16.6. The SMILES string of the molecule is CCc1cc2c(cc1-c1cnn(CC(=O)N(C)C)c1)C(C)(C)C1=C(C2=O)c2ccc(C#N)cc2C1. The molecule has 176 valence electrons. The van der Waals surface area contributed by atoms with Gasteiger partial charge in [-0.1, -0.05) is 26.8 Å². The van der Waals surface area contributed by atoms with Crippen molar-refractivity contribution in [2.75, 3.05) is 14.1 Å². The molecular weight excluding hydrogens is 436 g/mol. The molecule has 1 aromatic heterocycles. The van der Waals surface area contributed by atoms with Gasteiger partial charge in [0, 0.05) is 42.4 Å². The lowest BCUT2D eigenvalue weighted by Gasteiger charge is -2.35. The van der Waals surface area contributed by atoms with Gasteiger partial charge in [-0.3, -0.25) is 14.3 Å². The van der Waals surface area contributed by atoms with Gasteiger partial charge in [-0.2, -0.15) is 10.4 Å². The Morgan fingerprint density at radius 3 is 2.63 bits per heavy atom. The maximum Gasteiger partial charge on any atom is 0.243 e. The minimum atomic E-state index is -0.345. The van der Waals surface area contributed by atoms with E-state index in [1.807, 2.05) is 24.4 Å². The summed E-state index contributed by atoms with van der Waals surface area (Å²) in [4.78, 5) is 27.5. The molecule has 2 aliphatic rings. The van der Waals surface area contributed by atoms with Crippen molar-refractivity contribution >= 4 is 17.3 Å². The van der Waals surface area contributed by atoms with Crippen LogP contribution in [0.4, 0.5) is 0 Å². The monoisotopic (exact) mass is 464 g/mol. The van der Waals surface area contributed by atoms with Crippen molar-refractivity contribution in [3.63, 3.8) is 0 Å². The number of benzene rings is 2. The van der Waals surface area contributed by atoms with Gasteiger partial charge in [0.05, 0.1) is 17.8 Å². The highest BCUT2D eigenvalue weighted by molar-refractivity contribution is 6.33. The number of ketones is 1. The Morgan fingerprint density at radius 1 is 1.17 bits per heavy atom. The van der Waals surface area contributed by atoms with Gasteiger partial charge in [-0.05, 0) is 70.5 Å². The molecule has 0 radical (unpaired) electrons. The Kier molecular flexibility index (Phi) is 5.25. The van der Waals surface area contributed by atoms with Crippen molar-refractivity contribution in [2.24, 2.45) is 0 Å². The predicted octanol–water partition coefficient (Wildman–Crippen LogP) is 4.56. The number of hydrogen-bond acceptors (Lipinski definition) is 4. The Hall–Kier alpha value is -3.98. The fourth-order valence-corrected chi connectivity index (χ4v) is 5.36. The van der Waals surface area contributed by atoms with Crippen molar-refractivity contribution in [1.82, 2.24) is 14.7 Å². The van der Waals surface area contributed by atoms with Gasteiger partial charge in [-0.25, -0.2) is 0 Å². The second-order valence-electron chi connectivity index (χ2n) is 10.1. The minimum Gasteiger partial charge on any atom is -0.347 e. The van der Waals surface area contributed by atoms with Gasteiger partial charge in [0.25, 0.3) is 0 Å². The van der Waals surface area contributed by atoms with E-state index in [1.54, 1.807) is 35.9 Å². The third kappa shape index (κ3) is 3.50. The molecule has 1 amide bonds. The maximum absolute atomic E-state index is 13.8. The lowest BCUT2D eigenvalue weighted by molar-refractivity contribution is -0.129. The van der Waals surface area contributed by atoms with Crippen LogP contribution in [0.5, 0.6) is 0 Å². The van der Waals surface area contributed by atoms with E-state index in [1.165, 1.54) is 0 Å². The molecule has 0 fully saturated rings. The van der Waals surface area contributed by atoms with E-state index < -0.39 is 0 Å². The number of nitriles is 1. The number of likely N-dealkylation sites (N-methyl/N-ethyl adjacent to an activating group) is 1. The van der Waals surface area contributed by atoms with E-state index in [0.717, 1.165) is 56.5 Å². The van der Waals surface area contributed by atoms with E-state index in [2.05, 4.69) is 38.0 Å². The first kappa shape index (κ1) is 22.8. The molecule has 0 N–H and O–H groups in total. The second kappa shape index (κ2) is 8.06. The van der Waals surface area contributed by atoms with Gasteiger partial charge in [0.1, 0.15) is 6.54 Å². The molecule has 6 nitrogen and oxygen atoms in total. The van der Waals surface area contributed by atoms with Crippen LogP contribution in [-0.2, 0) is 29.6 Å². The summed E-state index contributed by atoms with van der Waals surface area (Å²) in [6.07, 6.45) is 5.14. The van der Waals surface area contributed by atoms with Crippen LogP contribution in [0, 0.1) is 11.3 Å². The highest BCUT2D eigenvalue weighted by Crippen LogP contribution is 2.51. The van der Waals surface area contributed by atoms with Crippen LogP contribution in [0.25, 0.3) is 16.7 Å². The summed E-state index contributed by atoms with van der Waals surface area (Å²) in [5.41, 5.74) is 9.01. The van der Waals surface area contributed by atoms with Crippen LogP contribution < -0.4 is 0 Å². The highest BCUT2D eigenvalue weighted by atomic mass is 16.2. The van der Waals surface area contributed by atoms with Crippen LogP contribution in [0.1, 0.15) is 58.9 Å². The van der Waals surface area contributed by atoms with Gasteiger partial charge in [-0.15, -0.1) is 0 Å². The number of aromatic nitrogens is 2. The topological polar surface area (TPSA) is 79.0 Å². The number of carbonyl (C=O) groups excluding carboxylic acids is 2. The zero-order valence-electron chi connectivity index (χ0n) is 20.8. The lowest BCUT2D eigenvalue weighted by Crippen LogP contribution is -2.30. The van der Waals surface area contributed by atoms with Crippen LogP contribution in [0.15, 0.2) is 48.3 Å². The van der Waals surface area contributed by atoms with E-state index in [9.17, 15) is 14.9 Å². The summed E-state index contributed by atoms with van der Waals surface area (Å²) in [6.45, 7) is 6.63. The number of rotatable bonds is 4. The number of amides is 1. The van der Waals surface area contributed by atoms with E-state index in [4.69, 9.17) is 0 Å². The van der Waals surface area contributed by atoms with Gasteiger partial charge in [0.15, 0.2) is 5.78 Å². The van der Waals surface area contributed by atoms with Gasteiger partial charge >= 0.3 is 0 Å². The Morgan fingerprint density at radius 2 is 1.94 bits per heavy atom. The molecule has 35 heavy (non-hydrogen) atoms. The minimum absolute atomic E-state index is 0.0210. The Bertz CT molecular complexity index is 1480. The Labute approximate surface area is 205 Å². The number of hydrogen-bond donors (Lipinski definition) is 0. The normalized spacial score (nSPS) is 15.4. The van der Waals surface area contributed by atoms with Crippen molar-refractivity contribution in [1.29, 1.82) is 5.26 Å². The smallest absolute Gasteiger partial charge is 0.243 e. The number of nitrogens with zero attached hydrogens (tertiary/aromatic N) is 4. The summed E-state index contributed by atoms with van der Waals surface area (Å²) in [6, 6.07) is 12.0. The summed E-state index contributed by atoms with van der Waals surface area (Å²) in [5, 5.41) is 13.8. The molecule has 0 saturated heterocycles. The standard InChI is InChI=1S/C29H28N4O2/c1-6-18-10-23-24(12-22(18)20-14-31-33(15-20)16-26(34)32(4)5)29(2,3)25-11-19-9-17(13-30)7-8-21(19)27(25)28(23)35/h7-10,12,14-15H,6,11,16H2,1-5H3. The maximum atomic E-state index is 13.8. The zero-order chi connectivity index (χ0) is 25.1. The number of Topliss-reactive ketones (excluding diaryl/α,β-unsaturated/α-hetero) is 1. The van der Waals surface area contributed by atoms with Crippen molar-refractivity contribution in [3.05, 3.63) is 81.7 Å². The zero-order valence-corrected chi connectivity index (χ0v) is 20.8. The van der Waals surface area contributed by atoms with E-state index in [0.29, 0.717) is 12.0 Å². The molecule has 5 rings (SSSR count). The van der Waals surface area contributed by atoms with Crippen LogP contribution >= 0.6 is 0 Å². The molecular formula is C29H28N4O2. The largest absolute Gasteiger partial charge is 0.347 e. The summed E-state index contributed by atoms with van der Waals surface area (Å²) >= 11 is 0. The molecule has 0 unspecified atom stereocenters. The van der Waals surface area contributed by atoms with Crippen molar-refractivity contribution < 1.29 is 9.59 Å². The third-order valence-corrected chi connectivity index (χ3v) is 7.44. The molecule has 0 bridgehead atoms. The number of allylic oxidation sites excluding steroid dienone is 2. The summed E-state index contributed by atoms with van der Waals surface area (Å²) < 4.78 is 1.66. The quantitative estimate of drug-likeness (QED) is 0.567. The van der Waals surface area contributed by atoms with Gasteiger partial charge in [0.2, 0.25) is 5.91 Å². The van der Waals surface area contributed by atoms with Crippen LogP contribution in [-0.4, -0.2) is 40.5 Å². The Balaban J connectivity index is 1.60. The molecule has 0 aliphatic heterocycles. The molecule has 2 aromatic carbocycles. The summed E-state index contributed by atoms with van der Waals surface area (Å²) in [5.74, 6) is 0.0404. The highest BCUT2D eigenvalue weighted by Gasteiger charge is 2.43. The van der Waals surface area contributed by atoms with Crippen LogP contribution in [0.3, 0.4) is 0 Å². The third-order valence-electron chi connectivity index (χ3n) is 7.44. The average molecular weight is 465 g/mol. The molecule has 1 heterocycles. The fraction of sp³-hybridized carbons (Fsp3) is 0.310. The first-order valence-electron chi connectivity index (χ1n) is 11.9. The number of carbonyl (C=O) groups is 2.